The normalized spacial score (nSPS) is 19.9. The molecule has 0 bridgehead atoms. The maximum absolute atomic E-state index is 11.2. The lowest BCUT2D eigenvalue weighted by Gasteiger charge is -2.07. The Balaban J connectivity index is 2.02. The van der Waals surface area contributed by atoms with E-state index in [0.29, 0.717) is 6.54 Å². The van der Waals surface area contributed by atoms with Crippen LogP contribution in [0.25, 0.3) is 0 Å². The predicted molar refractivity (Wildman–Crippen MR) is 65.2 cm³/mol. The first-order valence-corrected chi connectivity index (χ1v) is 6.37. The van der Waals surface area contributed by atoms with Gasteiger partial charge in [0.15, 0.2) is 0 Å². The van der Waals surface area contributed by atoms with Crippen molar-refractivity contribution in [2.24, 2.45) is 0 Å². The summed E-state index contributed by atoms with van der Waals surface area (Å²) in [5.41, 5.74) is 0. The number of amides is 1. The number of hydrogen-bond donors (Lipinski definition) is 0. The van der Waals surface area contributed by atoms with Gasteiger partial charge < -0.3 is 4.74 Å². The largest absolute Gasteiger partial charge is 0.444 e. The van der Waals surface area contributed by atoms with E-state index in [1.807, 2.05) is 0 Å². The molecule has 0 aromatic rings. The Hall–Kier alpha value is -0.990. The van der Waals surface area contributed by atoms with Crippen LogP contribution in [-0.4, -0.2) is 23.6 Å². The number of carbonyl (C=O) groups is 1. The maximum Gasteiger partial charge on any atom is 0.414 e. The topological polar surface area (TPSA) is 29.5 Å². The fourth-order valence-corrected chi connectivity index (χ4v) is 1.99. The molecule has 92 valence electrons. The molecule has 1 aliphatic heterocycles. The van der Waals surface area contributed by atoms with E-state index in [1.165, 1.54) is 32.1 Å². The minimum absolute atomic E-state index is 0.0803. The number of rotatable bonds is 8. The molecule has 0 aliphatic carbocycles. The van der Waals surface area contributed by atoms with Crippen LogP contribution in [0.3, 0.4) is 0 Å². The summed E-state index contributed by atoms with van der Waals surface area (Å²) < 4.78 is 5.21. The molecule has 1 atom stereocenters. The van der Waals surface area contributed by atoms with Crippen LogP contribution in [-0.2, 0) is 4.74 Å². The second-order valence-electron chi connectivity index (χ2n) is 4.40. The van der Waals surface area contributed by atoms with Gasteiger partial charge in [-0.2, -0.15) is 0 Å². The molecule has 0 N–H and O–H groups in total. The van der Waals surface area contributed by atoms with Crippen molar-refractivity contribution in [2.75, 3.05) is 6.54 Å². The van der Waals surface area contributed by atoms with E-state index in [9.17, 15) is 4.79 Å². The van der Waals surface area contributed by atoms with Crippen LogP contribution in [0.4, 0.5) is 4.79 Å². The number of unbranched alkanes of at least 4 members (excludes halogenated alkanes) is 5. The van der Waals surface area contributed by atoms with Gasteiger partial charge in [0.05, 0.1) is 6.54 Å². The molecule has 1 unspecified atom stereocenters. The summed E-state index contributed by atoms with van der Waals surface area (Å²) in [6, 6.07) is 0. The molecule has 1 fully saturated rings. The van der Waals surface area contributed by atoms with Crippen molar-refractivity contribution in [2.45, 2.75) is 58.0 Å². The zero-order valence-corrected chi connectivity index (χ0v) is 10.3. The molecule has 1 heterocycles. The molecule has 0 spiro atoms. The van der Waals surface area contributed by atoms with Crippen molar-refractivity contribution < 1.29 is 9.53 Å². The van der Waals surface area contributed by atoms with Gasteiger partial charge in [0.2, 0.25) is 0 Å². The van der Waals surface area contributed by atoms with Gasteiger partial charge in [-0.15, -0.1) is 0 Å². The van der Waals surface area contributed by atoms with Crippen molar-refractivity contribution in [3.63, 3.8) is 0 Å². The lowest BCUT2D eigenvalue weighted by Crippen LogP contribution is -2.17. The summed E-state index contributed by atoms with van der Waals surface area (Å²) in [6.45, 7) is 6.48. The summed E-state index contributed by atoms with van der Waals surface area (Å²) in [5, 5.41) is 0. The van der Waals surface area contributed by atoms with Crippen LogP contribution < -0.4 is 0 Å². The second kappa shape index (κ2) is 7.31. The lowest BCUT2D eigenvalue weighted by molar-refractivity contribution is 0.130. The van der Waals surface area contributed by atoms with Crippen LogP contribution in [0.15, 0.2) is 12.8 Å². The highest BCUT2D eigenvalue weighted by Gasteiger charge is 2.28. The monoisotopic (exact) mass is 225 g/mol. The van der Waals surface area contributed by atoms with Gasteiger partial charge in [-0.1, -0.05) is 45.6 Å². The summed E-state index contributed by atoms with van der Waals surface area (Å²) in [4.78, 5) is 12.8. The van der Waals surface area contributed by atoms with Crippen LogP contribution in [0.5, 0.6) is 0 Å². The number of carbonyl (C=O) groups excluding carboxylic acids is 1. The average Bonchev–Trinajstić information content (AvgIpc) is 2.64. The molecule has 0 saturated carbocycles. The first-order valence-electron chi connectivity index (χ1n) is 6.37. The molecule has 1 aliphatic rings. The SMILES string of the molecule is C=CN1CC(CCCCCCCC)OC1=O. The smallest absolute Gasteiger partial charge is 0.414 e. The molecule has 3 heteroatoms. The first kappa shape index (κ1) is 13.1. The molecular weight excluding hydrogens is 202 g/mol. The van der Waals surface area contributed by atoms with E-state index in [1.54, 1.807) is 11.1 Å². The Kier molecular flexibility index (Phi) is 5.98. The number of ether oxygens (including phenoxy) is 1. The average molecular weight is 225 g/mol. The highest BCUT2D eigenvalue weighted by atomic mass is 16.6. The van der Waals surface area contributed by atoms with Gasteiger partial charge in [-0.25, -0.2) is 4.79 Å². The molecule has 3 nitrogen and oxygen atoms in total. The van der Waals surface area contributed by atoms with Crippen LogP contribution in [0, 0.1) is 0 Å². The molecule has 1 rings (SSSR count). The van der Waals surface area contributed by atoms with Crippen LogP contribution >= 0.6 is 0 Å². The quantitative estimate of drug-likeness (QED) is 0.589. The first-order chi connectivity index (χ1) is 7.77. The minimum Gasteiger partial charge on any atom is -0.444 e. The third-order valence-electron chi connectivity index (χ3n) is 3.00. The van der Waals surface area contributed by atoms with Crippen molar-refractivity contribution in [1.29, 1.82) is 0 Å². The third-order valence-corrected chi connectivity index (χ3v) is 3.00. The van der Waals surface area contributed by atoms with Gasteiger partial charge in [0.25, 0.3) is 0 Å². The maximum atomic E-state index is 11.2. The highest BCUT2D eigenvalue weighted by Crippen LogP contribution is 2.17. The zero-order chi connectivity index (χ0) is 11.8. The van der Waals surface area contributed by atoms with E-state index in [-0.39, 0.29) is 12.2 Å². The standard InChI is InChI=1S/C13H23NO2/c1-3-5-6-7-8-9-10-12-11-14(4-2)13(15)16-12/h4,12H,2-3,5-11H2,1H3. The van der Waals surface area contributed by atoms with Crippen LogP contribution in [0.2, 0.25) is 0 Å². The van der Waals surface area contributed by atoms with E-state index < -0.39 is 0 Å². The molecule has 1 amide bonds. The fourth-order valence-electron chi connectivity index (χ4n) is 1.99. The number of hydrogen-bond acceptors (Lipinski definition) is 2. The molecule has 0 aromatic heterocycles. The highest BCUT2D eigenvalue weighted by molar-refractivity contribution is 5.70. The summed E-state index contributed by atoms with van der Waals surface area (Å²) in [5.74, 6) is 0. The van der Waals surface area contributed by atoms with Gasteiger partial charge in [0.1, 0.15) is 6.10 Å². The Morgan fingerprint density at radius 3 is 2.69 bits per heavy atom. The predicted octanol–water partition coefficient (Wildman–Crippen LogP) is 3.70. The number of cyclic esters (lactones) is 1. The molecule has 0 radical (unpaired) electrons. The lowest BCUT2D eigenvalue weighted by atomic mass is 10.1. The molecule has 16 heavy (non-hydrogen) atoms. The van der Waals surface area contributed by atoms with Gasteiger partial charge >= 0.3 is 6.09 Å². The fraction of sp³-hybridized carbons (Fsp3) is 0.769. The molecular formula is C13H23NO2. The van der Waals surface area contributed by atoms with Crippen molar-refractivity contribution in [1.82, 2.24) is 4.90 Å². The van der Waals surface area contributed by atoms with Crippen LogP contribution in [0.1, 0.15) is 51.9 Å². The Morgan fingerprint density at radius 2 is 2.06 bits per heavy atom. The Bertz CT molecular complexity index is 228. The van der Waals surface area contributed by atoms with Crippen molar-refractivity contribution in [3.8, 4) is 0 Å². The van der Waals surface area contributed by atoms with Gasteiger partial charge in [-0.05, 0) is 12.8 Å². The van der Waals surface area contributed by atoms with Gasteiger partial charge in [-0.3, -0.25) is 4.90 Å². The summed E-state index contributed by atoms with van der Waals surface area (Å²) in [6.07, 6.45) is 10.0. The molecule has 1 saturated heterocycles. The summed E-state index contributed by atoms with van der Waals surface area (Å²) >= 11 is 0. The Labute approximate surface area is 98.5 Å². The Morgan fingerprint density at radius 1 is 1.38 bits per heavy atom. The van der Waals surface area contributed by atoms with Crippen molar-refractivity contribution in [3.05, 3.63) is 12.8 Å². The van der Waals surface area contributed by atoms with E-state index in [2.05, 4.69) is 13.5 Å². The zero-order valence-electron chi connectivity index (χ0n) is 10.3. The minimum atomic E-state index is -0.244. The summed E-state index contributed by atoms with van der Waals surface area (Å²) in [7, 11) is 0. The van der Waals surface area contributed by atoms with E-state index >= 15 is 0 Å². The second-order valence-corrected chi connectivity index (χ2v) is 4.40. The van der Waals surface area contributed by atoms with Gasteiger partial charge in [0, 0.05) is 6.20 Å². The third kappa shape index (κ3) is 4.25. The van der Waals surface area contributed by atoms with E-state index in [0.717, 1.165) is 12.8 Å². The van der Waals surface area contributed by atoms with E-state index in [4.69, 9.17) is 4.74 Å². The molecule has 0 aromatic carbocycles. The van der Waals surface area contributed by atoms with Crippen molar-refractivity contribution >= 4 is 6.09 Å². The number of nitrogens with zero attached hydrogens (tertiary/aromatic N) is 1.